The number of benzene rings is 1. The maximum atomic E-state index is 11.7. The lowest BCUT2D eigenvalue weighted by molar-refractivity contribution is -0.134. The van der Waals surface area contributed by atoms with E-state index in [0.717, 1.165) is 0 Å². The highest BCUT2D eigenvalue weighted by Gasteiger charge is 2.21. The summed E-state index contributed by atoms with van der Waals surface area (Å²) in [4.78, 5) is 10.4. The fourth-order valence-electron chi connectivity index (χ4n) is 1.46. The van der Waals surface area contributed by atoms with Crippen molar-refractivity contribution in [3.8, 4) is 11.5 Å². The van der Waals surface area contributed by atoms with Gasteiger partial charge in [-0.2, -0.15) is 0 Å². The molecule has 1 N–H and O–H groups in total. The summed E-state index contributed by atoms with van der Waals surface area (Å²) >= 11 is 0. The first-order chi connectivity index (χ1) is 7.99. The van der Waals surface area contributed by atoms with Crippen LogP contribution in [-0.2, 0) is 14.6 Å². The Kier molecular flexibility index (Phi) is 2.93. The number of ether oxygens (including phenoxy) is 2. The molecule has 0 unspecified atom stereocenters. The van der Waals surface area contributed by atoms with E-state index < -0.39 is 21.6 Å². The van der Waals surface area contributed by atoms with Gasteiger partial charge in [-0.05, 0) is 12.1 Å². The van der Waals surface area contributed by atoms with Crippen LogP contribution in [0.1, 0.15) is 0 Å². The second-order valence-electron chi connectivity index (χ2n) is 3.46. The van der Waals surface area contributed by atoms with Crippen LogP contribution in [0.15, 0.2) is 23.1 Å². The standard InChI is InChI=1S/C10H10O6S/c11-10(12)6-17(13,14)7-1-2-8-9(5-7)16-4-3-15-8/h1-2,5H,3-4,6H2,(H,11,12). The lowest BCUT2D eigenvalue weighted by Gasteiger charge is -2.18. The zero-order valence-corrected chi connectivity index (χ0v) is 9.57. The third kappa shape index (κ3) is 2.50. The molecule has 0 atom stereocenters. The van der Waals surface area contributed by atoms with E-state index in [9.17, 15) is 13.2 Å². The number of rotatable bonds is 3. The maximum Gasteiger partial charge on any atom is 0.319 e. The molecule has 0 saturated carbocycles. The van der Waals surface area contributed by atoms with Crippen molar-refractivity contribution in [2.45, 2.75) is 4.90 Å². The number of carbonyl (C=O) groups is 1. The van der Waals surface area contributed by atoms with E-state index in [-0.39, 0.29) is 4.90 Å². The van der Waals surface area contributed by atoms with Gasteiger partial charge in [0.25, 0.3) is 0 Å². The highest BCUT2D eigenvalue weighted by Crippen LogP contribution is 2.32. The first-order valence-electron chi connectivity index (χ1n) is 4.83. The van der Waals surface area contributed by atoms with Crippen LogP contribution in [0.25, 0.3) is 0 Å². The van der Waals surface area contributed by atoms with Gasteiger partial charge in [0.05, 0.1) is 4.90 Å². The van der Waals surface area contributed by atoms with Gasteiger partial charge in [-0.25, -0.2) is 8.42 Å². The average Bonchev–Trinajstić information content (AvgIpc) is 2.26. The SMILES string of the molecule is O=C(O)CS(=O)(=O)c1ccc2c(c1)OCCO2. The van der Waals surface area contributed by atoms with E-state index >= 15 is 0 Å². The van der Waals surface area contributed by atoms with Crippen molar-refractivity contribution in [2.24, 2.45) is 0 Å². The predicted octanol–water partition coefficient (Wildman–Crippen LogP) is 0.316. The molecule has 1 aliphatic rings. The Hall–Kier alpha value is -1.76. The van der Waals surface area contributed by atoms with E-state index in [1.54, 1.807) is 0 Å². The summed E-state index contributed by atoms with van der Waals surface area (Å²) in [5, 5.41) is 8.51. The van der Waals surface area contributed by atoms with E-state index in [2.05, 4.69) is 0 Å². The van der Waals surface area contributed by atoms with Crippen molar-refractivity contribution in [3.63, 3.8) is 0 Å². The lowest BCUT2D eigenvalue weighted by Crippen LogP contribution is -2.18. The summed E-state index contributed by atoms with van der Waals surface area (Å²) in [6.07, 6.45) is 0. The summed E-state index contributed by atoms with van der Waals surface area (Å²) in [6, 6.07) is 4.06. The van der Waals surface area contributed by atoms with Gasteiger partial charge in [0, 0.05) is 6.07 Å². The summed E-state index contributed by atoms with van der Waals surface area (Å²) in [7, 11) is -3.83. The molecule has 0 spiro atoms. The maximum absolute atomic E-state index is 11.7. The van der Waals surface area contributed by atoms with Crippen LogP contribution in [0.2, 0.25) is 0 Å². The number of carboxylic acids is 1. The molecule has 1 aromatic rings. The molecule has 0 saturated heterocycles. The van der Waals surface area contributed by atoms with Gasteiger partial charge in [0.15, 0.2) is 27.1 Å². The van der Waals surface area contributed by atoms with Gasteiger partial charge in [-0.15, -0.1) is 0 Å². The lowest BCUT2D eigenvalue weighted by atomic mass is 10.3. The normalized spacial score (nSPS) is 14.4. The Morgan fingerprint density at radius 3 is 2.53 bits per heavy atom. The van der Waals surface area contributed by atoms with Crippen LogP contribution < -0.4 is 9.47 Å². The molecule has 1 aliphatic heterocycles. The van der Waals surface area contributed by atoms with Gasteiger partial charge in [-0.3, -0.25) is 4.79 Å². The highest BCUT2D eigenvalue weighted by molar-refractivity contribution is 7.92. The van der Waals surface area contributed by atoms with E-state index in [1.165, 1.54) is 18.2 Å². The van der Waals surface area contributed by atoms with Crippen LogP contribution in [0.5, 0.6) is 11.5 Å². The third-order valence-electron chi connectivity index (χ3n) is 2.19. The smallest absolute Gasteiger partial charge is 0.319 e. The molecular formula is C10H10O6S. The molecule has 1 aromatic carbocycles. The Labute approximate surface area is 97.7 Å². The quantitative estimate of drug-likeness (QED) is 0.839. The third-order valence-corrected chi connectivity index (χ3v) is 3.79. The molecule has 6 nitrogen and oxygen atoms in total. The highest BCUT2D eigenvalue weighted by atomic mass is 32.2. The molecule has 0 aromatic heterocycles. The summed E-state index contributed by atoms with van der Waals surface area (Å²) in [5.41, 5.74) is 0. The second-order valence-corrected chi connectivity index (χ2v) is 5.45. The monoisotopic (exact) mass is 258 g/mol. The number of hydrogen-bond donors (Lipinski definition) is 1. The Bertz CT molecular complexity index is 548. The first-order valence-corrected chi connectivity index (χ1v) is 6.48. The number of fused-ring (bicyclic) bond motifs is 1. The molecule has 0 fully saturated rings. The molecule has 0 bridgehead atoms. The molecule has 0 radical (unpaired) electrons. The van der Waals surface area contributed by atoms with Crippen molar-refractivity contribution in [1.29, 1.82) is 0 Å². The topological polar surface area (TPSA) is 89.9 Å². The van der Waals surface area contributed by atoms with Crippen molar-refractivity contribution >= 4 is 15.8 Å². The summed E-state index contributed by atoms with van der Waals surface area (Å²) < 4.78 is 33.8. The van der Waals surface area contributed by atoms with Crippen LogP contribution in [0.4, 0.5) is 0 Å². The minimum Gasteiger partial charge on any atom is -0.486 e. The van der Waals surface area contributed by atoms with Crippen LogP contribution >= 0.6 is 0 Å². The first kappa shape index (κ1) is 11.7. The van der Waals surface area contributed by atoms with Gasteiger partial charge in [0.1, 0.15) is 13.2 Å². The molecule has 17 heavy (non-hydrogen) atoms. The molecular weight excluding hydrogens is 248 g/mol. The molecule has 1 heterocycles. The zero-order chi connectivity index (χ0) is 12.5. The van der Waals surface area contributed by atoms with Gasteiger partial charge in [0.2, 0.25) is 0 Å². The number of aliphatic carboxylic acids is 1. The predicted molar refractivity (Wildman–Crippen MR) is 57.1 cm³/mol. The molecule has 0 aliphatic carbocycles. The van der Waals surface area contributed by atoms with Crippen LogP contribution in [0.3, 0.4) is 0 Å². The zero-order valence-electron chi connectivity index (χ0n) is 8.75. The number of carboxylic acid groups (broad SMARTS) is 1. The van der Waals surface area contributed by atoms with Crippen molar-refractivity contribution < 1.29 is 27.8 Å². The Morgan fingerprint density at radius 1 is 1.24 bits per heavy atom. The largest absolute Gasteiger partial charge is 0.486 e. The summed E-state index contributed by atoms with van der Waals surface area (Å²) in [6.45, 7) is 0.754. The van der Waals surface area contributed by atoms with E-state index in [1.807, 2.05) is 0 Å². The fraction of sp³-hybridized carbons (Fsp3) is 0.300. The van der Waals surface area contributed by atoms with Crippen LogP contribution in [-0.4, -0.2) is 38.5 Å². The van der Waals surface area contributed by atoms with Crippen molar-refractivity contribution in [3.05, 3.63) is 18.2 Å². The van der Waals surface area contributed by atoms with E-state index in [4.69, 9.17) is 14.6 Å². The summed E-state index contributed by atoms with van der Waals surface area (Å²) in [5.74, 6) is -1.54. The van der Waals surface area contributed by atoms with Gasteiger partial charge >= 0.3 is 5.97 Å². The molecule has 92 valence electrons. The number of sulfone groups is 1. The molecule has 7 heteroatoms. The minimum absolute atomic E-state index is 0.0795. The molecule has 0 amide bonds. The Morgan fingerprint density at radius 2 is 1.88 bits per heavy atom. The van der Waals surface area contributed by atoms with Crippen molar-refractivity contribution in [1.82, 2.24) is 0 Å². The fourth-order valence-corrected chi connectivity index (χ4v) is 2.52. The average molecular weight is 258 g/mol. The van der Waals surface area contributed by atoms with Crippen molar-refractivity contribution in [2.75, 3.05) is 19.0 Å². The minimum atomic E-state index is -3.83. The number of hydrogen-bond acceptors (Lipinski definition) is 5. The van der Waals surface area contributed by atoms with Gasteiger partial charge in [-0.1, -0.05) is 0 Å². The van der Waals surface area contributed by atoms with Gasteiger partial charge < -0.3 is 14.6 Å². The molecule has 2 rings (SSSR count). The van der Waals surface area contributed by atoms with Crippen LogP contribution in [0, 0.1) is 0 Å². The Balaban J connectivity index is 2.37. The second kappa shape index (κ2) is 4.25. The van der Waals surface area contributed by atoms with E-state index in [0.29, 0.717) is 24.7 Å².